The molecule has 3 saturated heterocycles. The van der Waals surface area contributed by atoms with E-state index in [-0.39, 0.29) is 53.4 Å². The van der Waals surface area contributed by atoms with Gasteiger partial charge in [-0.05, 0) is 99.7 Å². The van der Waals surface area contributed by atoms with Crippen molar-refractivity contribution in [2.75, 3.05) is 48.3 Å². The minimum atomic E-state index is -2.87. The number of alkyl halides is 2. The highest BCUT2D eigenvalue weighted by atomic mass is 19.3. The minimum Gasteiger partial charge on any atom is -0.384 e. The SMILES string of the molecule is O=C1CCC(N2C(=O)c3cccc(NCCc4ccc(CCNC[C@H]5CC[C@H](n6cc(NC(=O)c7cnn8ccc(N9C[C@H]%10C[C@@H]9CO%10)nc78)c(C(F)F)n6)CC5)cc4)c3C2=O)C(=O)N1. The summed E-state index contributed by atoms with van der Waals surface area (Å²) >= 11 is 0. The summed E-state index contributed by atoms with van der Waals surface area (Å²) in [5, 5.41) is 20.3. The highest BCUT2D eigenvalue weighted by Crippen LogP contribution is 2.36. The van der Waals surface area contributed by atoms with E-state index in [0.29, 0.717) is 36.8 Å². The Morgan fingerprint density at radius 2 is 1.69 bits per heavy atom. The maximum absolute atomic E-state index is 14.3. The Bertz CT molecular complexity index is 2660. The van der Waals surface area contributed by atoms with E-state index in [2.05, 4.69) is 60.6 Å². The zero-order chi connectivity index (χ0) is 44.8. The molecule has 1 unspecified atom stereocenters. The summed E-state index contributed by atoms with van der Waals surface area (Å²) in [6.45, 7) is 3.55. The predicted molar refractivity (Wildman–Crippen MR) is 233 cm³/mol. The fourth-order valence-electron chi connectivity index (χ4n) is 9.93. The molecule has 4 aliphatic heterocycles. The van der Waals surface area contributed by atoms with Crippen molar-refractivity contribution in [3.63, 3.8) is 0 Å². The van der Waals surface area contributed by atoms with Crippen LogP contribution in [0.25, 0.3) is 5.65 Å². The van der Waals surface area contributed by atoms with Gasteiger partial charge in [-0.1, -0.05) is 30.3 Å². The molecule has 0 spiro atoms. The number of fused-ring (bicyclic) bond motifs is 4. The number of anilines is 3. The number of hydrogen-bond acceptors (Lipinski definition) is 12. The number of piperidine rings is 1. The third kappa shape index (κ3) is 8.45. The first kappa shape index (κ1) is 42.4. The molecule has 10 rings (SSSR count). The van der Waals surface area contributed by atoms with Crippen LogP contribution in [0.5, 0.6) is 0 Å². The first-order chi connectivity index (χ1) is 31.6. The molecule has 4 fully saturated rings. The second-order valence-corrected chi connectivity index (χ2v) is 17.6. The quantitative estimate of drug-likeness (QED) is 0.0836. The van der Waals surface area contributed by atoms with Crippen molar-refractivity contribution in [2.45, 2.75) is 88.4 Å². The molecule has 2 aromatic carbocycles. The molecular formula is C46H49F2N11O6. The Labute approximate surface area is 372 Å². The van der Waals surface area contributed by atoms with Gasteiger partial charge in [0.15, 0.2) is 11.3 Å². The lowest BCUT2D eigenvalue weighted by Gasteiger charge is -2.29. The lowest BCUT2D eigenvalue weighted by molar-refractivity contribution is -0.136. The Balaban J connectivity index is 0.666. The summed E-state index contributed by atoms with van der Waals surface area (Å²) in [4.78, 5) is 72.0. The van der Waals surface area contributed by atoms with Gasteiger partial charge in [-0.25, -0.2) is 18.3 Å². The van der Waals surface area contributed by atoms with Gasteiger partial charge < -0.3 is 25.6 Å². The average Bonchev–Trinajstić information content (AvgIpc) is 4.16. The van der Waals surface area contributed by atoms with E-state index in [1.807, 2.05) is 6.07 Å². The molecule has 65 heavy (non-hydrogen) atoms. The number of ether oxygens (including phenoxy) is 1. The van der Waals surface area contributed by atoms with Gasteiger partial charge in [-0.2, -0.15) is 10.2 Å². The fourth-order valence-corrected chi connectivity index (χ4v) is 9.93. The van der Waals surface area contributed by atoms with Gasteiger partial charge in [0, 0.05) is 37.6 Å². The normalized spacial score (nSPS) is 22.9. The van der Waals surface area contributed by atoms with Gasteiger partial charge in [-0.3, -0.25) is 38.9 Å². The smallest absolute Gasteiger partial charge is 0.284 e. The molecule has 2 bridgehead atoms. The molecule has 19 heteroatoms. The highest BCUT2D eigenvalue weighted by molar-refractivity contribution is 6.25. The maximum Gasteiger partial charge on any atom is 0.284 e. The Morgan fingerprint density at radius 3 is 2.42 bits per heavy atom. The third-order valence-electron chi connectivity index (χ3n) is 13.4. The van der Waals surface area contributed by atoms with E-state index in [1.165, 1.54) is 22.5 Å². The molecule has 1 aliphatic carbocycles. The number of amides is 5. The van der Waals surface area contributed by atoms with Crippen LogP contribution in [0.2, 0.25) is 0 Å². The number of carbonyl (C=O) groups is 5. The molecule has 5 amide bonds. The molecule has 4 N–H and O–H groups in total. The summed E-state index contributed by atoms with van der Waals surface area (Å²) in [6, 6.07) is 14.4. The van der Waals surface area contributed by atoms with Crippen LogP contribution < -0.4 is 26.2 Å². The molecule has 0 radical (unpaired) electrons. The summed E-state index contributed by atoms with van der Waals surface area (Å²) in [7, 11) is 0. The van der Waals surface area contributed by atoms with Gasteiger partial charge >= 0.3 is 0 Å². The van der Waals surface area contributed by atoms with Crippen molar-refractivity contribution in [2.24, 2.45) is 5.92 Å². The number of aromatic nitrogens is 5. The molecule has 3 aromatic heterocycles. The minimum absolute atomic E-state index is 0.0175. The van der Waals surface area contributed by atoms with E-state index in [1.54, 1.807) is 29.1 Å². The van der Waals surface area contributed by atoms with Crippen molar-refractivity contribution in [1.29, 1.82) is 0 Å². The number of halogens is 2. The van der Waals surface area contributed by atoms with Crippen LogP contribution in [0, 0.1) is 5.92 Å². The van der Waals surface area contributed by atoms with Crippen LogP contribution in [-0.2, 0) is 27.2 Å². The second-order valence-electron chi connectivity index (χ2n) is 17.6. The largest absolute Gasteiger partial charge is 0.384 e. The lowest BCUT2D eigenvalue weighted by atomic mass is 9.86. The van der Waals surface area contributed by atoms with Crippen LogP contribution in [0.15, 0.2) is 67.1 Å². The van der Waals surface area contributed by atoms with Crippen LogP contribution in [-0.4, -0.2) is 110 Å². The van der Waals surface area contributed by atoms with Crippen molar-refractivity contribution in [1.82, 2.24) is 39.9 Å². The number of imide groups is 2. The topological polar surface area (TPSA) is 197 Å². The summed E-state index contributed by atoms with van der Waals surface area (Å²) in [6.07, 6.45) is 8.02. The second kappa shape index (κ2) is 17.8. The molecular weight excluding hydrogens is 841 g/mol. The van der Waals surface area contributed by atoms with Gasteiger partial charge in [0.25, 0.3) is 24.1 Å². The molecule has 1 saturated carbocycles. The zero-order valence-electron chi connectivity index (χ0n) is 35.6. The Hall–Kier alpha value is -6.60. The Kier molecular flexibility index (Phi) is 11.6. The van der Waals surface area contributed by atoms with Gasteiger partial charge in [0.1, 0.15) is 17.4 Å². The molecule has 5 aliphatic rings. The number of rotatable bonds is 15. The van der Waals surface area contributed by atoms with E-state index in [9.17, 15) is 32.8 Å². The van der Waals surface area contributed by atoms with Crippen LogP contribution >= 0.6 is 0 Å². The molecule has 7 heterocycles. The van der Waals surface area contributed by atoms with Crippen LogP contribution in [0.4, 0.5) is 26.0 Å². The average molecular weight is 890 g/mol. The summed E-state index contributed by atoms with van der Waals surface area (Å²) in [5.41, 5.74) is 3.36. The number of morpholine rings is 1. The van der Waals surface area contributed by atoms with Crippen molar-refractivity contribution < 1.29 is 37.5 Å². The van der Waals surface area contributed by atoms with Crippen molar-refractivity contribution in [3.05, 3.63) is 101 Å². The summed E-state index contributed by atoms with van der Waals surface area (Å²) in [5.74, 6) is -1.54. The number of carbonyl (C=O) groups excluding carboxylic acids is 5. The van der Waals surface area contributed by atoms with Gasteiger partial charge in [0.05, 0.1) is 47.8 Å². The predicted octanol–water partition coefficient (Wildman–Crippen LogP) is 4.71. The maximum atomic E-state index is 14.3. The monoisotopic (exact) mass is 889 g/mol. The number of benzene rings is 2. The Morgan fingerprint density at radius 1 is 0.908 bits per heavy atom. The number of nitrogens with one attached hydrogen (secondary N) is 4. The van der Waals surface area contributed by atoms with Crippen molar-refractivity contribution in [3.8, 4) is 0 Å². The number of hydrogen-bond donors (Lipinski definition) is 4. The highest BCUT2D eigenvalue weighted by Gasteiger charge is 2.46. The van der Waals surface area contributed by atoms with Crippen LogP contribution in [0.1, 0.15) is 105 Å². The van der Waals surface area contributed by atoms with Gasteiger partial charge in [0.2, 0.25) is 11.8 Å². The molecule has 17 nitrogen and oxygen atoms in total. The first-order valence-electron chi connectivity index (χ1n) is 22.4. The standard InChI is InChI=1S/C46H49F2N11O6/c47-41(48)40-35(52-43(61)33-22-51-57-19-16-37(53-42(33)57)56-23-31-20-30(56)25-65-31)24-58(55-40)29-10-8-28(9-11-29)21-49-17-14-26-4-6-27(7-5-26)15-18-50-34-3-1-2-32-39(34)46(64)59(45(32)63)36-12-13-38(60)54-44(36)62/h1-7,16,19,22,24,28-31,36,41,49-50H,8-15,17-18,20-21,23,25H2,(H,52,61)(H,54,60,62)/t28-,29-,30-,31-,36?/m1/s1. The number of nitrogens with zero attached hydrogens (tertiary/aromatic N) is 7. The van der Waals surface area contributed by atoms with E-state index < -0.39 is 47.7 Å². The van der Waals surface area contributed by atoms with Gasteiger partial charge in [-0.15, -0.1) is 0 Å². The van der Waals surface area contributed by atoms with E-state index in [4.69, 9.17) is 9.72 Å². The third-order valence-corrected chi connectivity index (χ3v) is 13.4. The van der Waals surface area contributed by atoms with E-state index >= 15 is 0 Å². The van der Waals surface area contributed by atoms with Crippen LogP contribution in [0.3, 0.4) is 0 Å². The van der Waals surface area contributed by atoms with E-state index in [0.717, 1.165) is 74.4 Å². The molecule has 338 valence electrons. The fraction of sp³-hybridized carbons (Fsp3) is 0.435. The summed E-state index contributed by atoms with van der Waals surface area (Å²) < 4.78 is 37.3. The molecule has 3 atom stereocenters. The lowest BCUT2D eigenvalue weighted by Crippen LogP contribution is -2.54. The first-order valence-corrected chi connectivity index (χ1v) is 22.4. The molecule has 5 aromatic rings. The zero-order valence-corrected chi connectivity index (χ0v) is 35.6. The van der Waals surface area contributed by atoms with Crippen molar-refractivity contribution >= 4 is 52.4 Å².